The number of ether oxygens (including phenoxy) is 1. The fourth-order valence-corrected chi connectivity index (χ4v) is 3.62. The molecule has 3 rings (SSSR count). The molecular formula is C21H26F3N3O. The second-order valence-corrected chi connectivity index (χ2v) is 7.23. The van der Waals surface area contributed by atoms with Crippen LogP contribution < -0.4 is 9.64 Å². The Morgan fingerprint density at radius 2 is 1.93 bits per heavy atom. The van der Waals surface area contributed by atoms with Gasteiger partial charge in [-0.1, -0.05) is 38.3 Å². The zero-order valence-electron chi connectivity index (χ0n) is 16.3. The second-order valence-electron chi connectivity index (χ2n) is 7.23. The minimum Gasteiger partial charge on any atom is -0.463 e. The third-order valence-corrected chi connectivity index (χ3v) is 5.14. The molecule has 1 aromatic carbocycles. The summed E-state index contributed by atoms with van der Waals surface area (Å²) in [6.45, 7) is 2.26. The summed E-state index contributed by atoms with van der Waals surface area (Å²) in [5, 5.41) is 0. The number of benzene rings is 1. The molecule has 4 nitrogen and oxygen atoms in total. The molecule has 0 radical (unpaired) electrons. The van der Waals surface area contributed by atoms with Crippen molar-refractivity contribution in [1.29, 1.82) is 0 Å². The molecule has 1 aliphatic carbocycles. The van der Waals surface area contributed by atoms with Gasteiger partial charge in [-0.25, -0.2) is 4.98 Å². The molecule has 1 aliphatic rings. The Kier molecular flexibility index (Phi) is 6.42. The van der Waals surface area contributed by atoms with Crippen molar-refractivity contribution in [2.75, 3.05) is 18.6 Å². The maximum atomic E-state index is 13.5. The van der Waals surface area contributed by atoms with Gasteiger partial charge in [0.15, 0.2) is 5.82 Å². The van der Waals surface area contributed by atoms with E-state index in [4.69, 9.17) is 4.74 Å². The standard InChI is InChI=1S/C21H26F3N3O/c1-3-12-28-20-25-14-18(21(22,23)24)19(26-20)27(2)17-11-7-10-16(13-17)15-8-5-4-6-9-15/h7,10-11,13-15H,3-6,8-9,12H2,1-2H3. The molecule has 7 heteroatoms. The topological polar surface area (TPSA) is 38.2 Å². The molecule has 2 aromatic rings. The van der Waals surface area contributed by atoms with Crippen LogP contribution in [0.5, 0.6) is 6.01 Å². The maximum Gasteiger partial charge on any atom is 0.421 e. The van der Waals surface area contributed by atoms with E-state index in [9.17, 15) is 13.2 Å². The van der Waals surface area contributed by atoms with Crippen LogP contribution in [0.25, 0.3) is 0 Å². The zero-order chi connectivity index (χ0) is 20.1. The predicted molar refractivity (Wildman–Crippen MR) is 103 cm³/mol. The second kappa shape index (κ2) is 8.80. The summed E-state index contributed by atoms with van der Waals surface area (Å²) in [6, 6.07) is 7.71. The van der Waals surface area contributed by atoms with Crippen LogP contribution in [0.3, 0.4) is 0 Å². The lowest BCUT2D eigenvalue weighted by Crippen LogP contribution is -2.19. The Morgan fingerprint density at radius 1 is 1.18 bits per heavy atom. The summed E-state index contributed by atoms with van der Waals surface area (Å²) < 4.78 is 45.9. The molecule has 0 N–H and O–H groups in total. The summed E-state index contributed by atoms with van der Waals surface area (Å²) >= 11 is 0. The molecule has 152 valence electrons. The van der Waals surface area contributed by atoms with Crippen molar-refractivity contribution in [3.63, 3.8) is 0 Å². The zero-order valence-corrected chi connectivity index (χ0v) is 16.3. The molecule has 28 heavy (non-hydrogen) atoms. The molecule has 0 amide bonds. The van der Waals surface area contributed by atoms with E-state index in [0.717, 1.165) is 25.5 Å². The maximum absolute atomic E-state index is 13.5. The van der Waals surface area contributed by atoms with Crippen molar-refractivity contribution in [3.8, 4) is 6.01 Å². The largest absolute Gasteiger partial charge is 0.463 e. The lowest BCUT2D eigenvalue weighted by atomic mass is 9.84. The third kappa shape index (κ3) is 4.75. The van der Waals surface area contributed by atoms with E-state index >= 15 is 0 Å². The Hall–Kier alpha value is -2.31. The summed E-state index contributed by atoms with van der Waals surface area (Å²) in [7, 11) is 1.60. The Labute approximate surface area is 163 Å². The highest BCUT2D eigenvalue weighted by Crippen LogP contribution is 2.39. The van der Waals surface area contributed by atoms with E-state index in [-0.39, 0.29) is 11.8 Å². The van der Waals surface area contributed by atoms with Crippen LogP contribution in [0, 0.1) is 0 Å². The number of aromatic nitrogens is 2. The van der Waals surface area contributed by atoms with E-state index in [2.05, 4.69) is 16.0 Å². The molecule has 1 fully saturated rings. The summed E-state index contributed by atoms with van der Waals surface area (Å²) in [4.78, 5) is 9.27. The van der Waals surface area contributed by atoms with Gasteiger partial charge in [0.1, 0.15) is 5.56 Å². The highest BCUT2D eigenvalue weighted by molar-refractivity contribution is 5.63. The van der Waals surface area contributed by atoms with Gasteiger partial charge < -0.3 is 9.64 Å². The number of nitrogens with zero attached hydrogens (tertiary/aromatic N) is 3. The van der Waals surface area contributed by atoms with Crippen LogP contribution in [0.2, 0.25) is 0 Å². The average Bonchev–Trinajstić information content (AvgIpc) is 2.71. The molecule has 0 saturated heterocycles. The van der Waals surface area contributed by atoms with Gasteiger partial charge in [0.2, 0.25) is 0 Å². The van der Waals surface area contributed by atoms with Crippen molar-refractivity contribution < 1.29 is 17.9 Å². The molecule has 1 saturated carbocycles. The number of halogens is 3. The minimum atomic E-state index is -4.55. The first kappa shape index (κ1) is 20.4. The first-order valence-corrected chi connectivity index (χ1v) is 9.81. The highest BCUT2D eigenvalue weighted by Gasteiger charge is 2.37. The SMILES string of the molecule is CCCOc1ncc(C(F)(F)F)c(N(C)c2cccc(C3CCCCC3)c2)n1. The van der Waals surface area contributed by atoms with Crippen molar-refractivity contribution in [3.05, 3.63) is 41.6 Å². The van der Waals surface area contributed by atoms with Gasteiger partial charge >= 0.3 is 12.2 Å². The van der Waals surface area contributed by atoms with Crippen LogP contribution in [0.1, 0.15) is 62.5 Å². The van der Waals surface area contributed by atoms with Crippen LogP contribution in [-0.2, 0) is 6.18 Å². The quantitative estimate of drug-likeness (QED) is 0.594. The van der Waals surface area contributed by atoms with E-state index < -0.39 is 11.7 Å². The first-order chi connectivity index (χ1) is 13.4. The highest BCUT2D eigenvalue weighted by atomic mass is 19.4. The molecule has 0 aliphatic heterocycles. The number of alkyl halides is 3. The van der Waals surface area contributed by atoms with Gasteiger partial charge in [0.25, 0.3) is 0 Å². The minimum absolute atomic E-state index is 0.0415. The van der Waals surface area contributed by atoms with Crippen LogP contribution in [0.15, 0.2) is 30.5 Å². The van der Waals surface area contributed by atoms with Gasteiger partial charge in [0.05, 0.1) is 6.61 Å². The van der Waals surface area contributed by atoms with E-state index in [1.165, 1.54) is 29.7 Å². The molecule has 0 unspecified atom stereocenters. The lowest BCUT2D eigenvalue weighted by Gasteiger charge is -2.26. The Bertz CT molecular complexity index is 789. The van der Waals surface area contributed by atoms with Gasteiger partial charge in [-0.3, -0.25) is 0 Å². The van der Waals surface area contributed by atoms with Crippen molar-refractivity contribution >= 4 is 11.5 Å². The number of rotatable bonds is 6. The Morgan fingerprint density at radius 3 is 2.61 bits per heavy atom. The summed E-state index contributed by atoms with van der Waals surface area (Å²) in [5.41, 5.74) is 0.977. The molecule has 1 aromatic heterocycles. The lowest BCUT2D eigenvalue weighted by molar-refractivity contribution is -0.137. The smallest absolute Gasteiger partial charge is 0.421 e. The van der Waals surface area contributed by atoms with Gasteiger partial charge in [-0.2, -0.15) is 18.2 Å². The summed E-state index contributed by atoms with van der Waals surface area (Å²) in [5.74, 6) is 0.271. The van der Waals surface area contributed by atoms with E-state index in [0.29, 0.717) is 18.2 Å². The van der Waals surface area contributed by atoms with Gasteiger partial charge in [-0.05, 0) is 42.9 Å². The molecule has 0 bridgehead atoms. The van der Waals surface area contributed by atoms with Crippen molar-refractivity contribution in [2.45, 2.75) is 57.5 Å². The third-order valence-electron chi connectivity index (χ3n) is 5.14. The van der Waals surface area contributed by atoms with Crippen LogP contribution in [-0.4, -0.2) is 23.6 Å². The average molecular weight is 393 g/mol. The number of hydrogen-bond acceptors (Lipinski definition) is 4. The van der Waals surface area contributed by atoms with Crippen LogP contribution in [0.4, 0.5) is 24.7 Å². The Balaban J connectivity index is 1.95. The molecule has 0 atom stereocenters. The first-order valence-electron chi connectivity index (χ1n) is 9.81. The number of anilines is 2. The fourth-order valence-electron chi connectivity index (χ4n) is 3.62. The molecular weight excluding hydrogens is 367 g/mol. The molecule has 0 spiro atoms. The van der Waals surface area contributed by atoms with E-state index in [1.54, 1.807) is 13.1 Å². The van der Waals surface area contributed by atoms with Gasteiger partial charge in [0, 0.05) is 18.9 Å². The van der Waals surface area contributed by atoms with E-state index in [1.807, 2.05) is 19.1 Å². The van der Waals surface area contributed by atoms with Crippen LogP contribution >= 0.6 is 0 Å². The van der Waals surface area contributed by atoms with Crippen molar-refractivity contribution in [2.24, 2.45) is 0 Å². The monoisotopic (exact) mass is 393 g/mol. The summed E-state index contributed by atoms with van der Waals surface area (Å²) in [6.07, 6.45) is 2.89. The fraction of sp³-hybridized carbons (Fsp3) is 0.524. The normalized spacial score (nSPS) is 15.5. The number of hydrogen-bond donors (Lipinski definition) is 0. The predicted octanol–water partition coefficient (Wildman–Crippen LogP) is 6.10. The van der Waals surface area contributed by atoms with Crippen molar-refractivity contribution in [1.82, 2.24) is 9.97 Å². The molecule has 1 heterocycles. The van der Waals surface area contributed by atoms with Gasteiger partial charge in [-0.15, -0.1) is 0 Å².